The van der Waals surface area contributed by atoms with Crippen molar-refractivity contribution in [1.82, 2.24) is 0 Å². The van der Waals surface area contributed by atoms with Gasteiger partial charge in [-0.15, -0.1) is 0 Å². The van der Waals surface area contributed by atoms with Crippen LogP contribution in [0, 0.1) is 13.8 Å². The van der Waals surface area contributed by atoms with Crippen LogP contribution in [0.2, 0.25) is 0 Å². The van der Waals surface area contributed by atoms with Gasteiger partial charge in [0, 0.05) is 47.5 Å². The van der Waals surface area contributed by atoms with Gasteiger partial charge in [-0.1, -0.05) is 116 Å². The van der Waals surface area contributed by atoms with Gasteiger partial charge in [0.25, 0.3) is 0 Å². The van der Waals surface area contributed by atoms with Gasteiger partial charge in [-0.05, 0) is 92.2 Å². The van der Waals surface area contributed by atoms with E-state index in [1.165, 1.54) is 72.9 Å². The van der Waals surface area contributed by atoms with Crippen molar-refractivity contribution < 1.29 is 4.58 Å². The van der Waals surface area contributed by atoms with Gasteiger partial charge < -0.3 is 4.90 Å². The maximum Gasteiger partial charge on any atom is 0.209 e. The van der Waals surface area contributed by atoms with Crippen LogP contribution in [0.15, 0.2) is 144 Å². The van der Waals surface area contributed by atoms with E-state index in [2.05, 4.69) is 186 Å². The molecule has 0 atom stereocenters. The van der Waals surface area contributed by atoms with Crippen molar-refractivity contribution in [1.29, 1.82) is 0 Å². The summed E-state index contributed by atoms with van der Waals surface area (Å²) in [7, 11) is 4.44. The van der Waals surface area contributed by atoms with Crippen molar-refractivity contribution in [3.8, 4) is 0 Å². The Bertz CT molecular complexity index is 2010. The van der Waals surface area contributed by atoms with E-state index in [-0.39, 0.29) is 16.7 Å². The molecule has 0 fully saturated rings. The Hall–Kier alpha value is -4.69. The second-order valence-electron chi connectivity index (χ2n) is 15.1. The molecule has 2 nitrogen and oxygen atoms in total. The van der Waals surface area contributed by atoms with Crippen LogP contribution in [0.1, 0.15) is 79.8 Å². The lowest BCUT2D eigenvalue weighted by atomic mass is 9.79. The van der Waals surface area contributed by atoms with E-state index in [0.717, 1.165) is 12.8 Å². The first kappa shape index (κ1) is 31.9. The molecule has 0 radical (unpaired) electrons. The minimum atomic E-state index is -0.0702. The highest BCUT2D eigenvalue weighted by Gasteiger charge is 2.43. The maximum atomic E-state index is 2.44. The third-order valence-electron chi connectivity index (χ3n) is 11.2. The van der Waals surface area contributed by atoms with Crippen LogP contribution in [0.25, 0.3) is 0 Å². The summed E-state index contributed by atoms with van der Waals surface area (Å²) in [5.74, 6) is 0.146. The predicted octanol–water partition coefficient (Wildman–Crippen LogP) is 11.0. The molecule has 4 aromatic carbocycles. The Balaban J connectivity index is 1.38. The van der Waals surface area contributed by atoms with Gasteiger partial charge >= 0.3 is 0 Å². The van der Waals surface area contributed by atoms with E-state index in [1.54, 1.807) is 0 Å². The molecule has 7 rings (SSSR count). The molecule has 1 aliphatic carbocycles. The molecule has 0 N–H and O–H groups in total. The van der Waals surface area contributed by atoms with Gasteiger partial charge in [0.1, 0.15) is 7.05 Å². The summed E-state index contributed by atoms with van der Waals surface area (Å²) in [4.78, 5) is 2.39. The quantitative estimate of drug-likeness (QED) is 0.192. The first-order chi connectivity index (χ1) is 23.0. The van der Waals surface area contributed by atoms with Crippen molar-refractivity contribution in [3.63, 3.8) is 0 Å². The Labute approximate surface area is 288 Å². The number of nitrogens with zero attached hydrogens (tertiary/aromatic N) is 2. The molecule has 0 saturated carbocycles. The molecule has 2 heterocycles. The highest BCUT2D eigenvalue weighted by atomic mass is 15.2. The zero-order chi connectivity index (χ0) is 33.8. The molecular weight excluding hydrogens is 581 g/mol. The summed E-state index contributed by atoms with van der Waals surface area (Å²) in [5, 5.41) is 0. The van der Waals surface area contributed by atoms with Crippen LogP contribution in [0.3, 0.4) is 0 Å². The summed E-state index contributed by atoms with van der Waals surface area (Å²) in [6.45, 7) is 13.9. The number of benzene rings is 4. The zero-order valence-corrected chi connectivity index (χ0v) is 29.9. The third kappa shape index (κ3) is 5.32. The maximum absolute atomic E-state index is 2.44. The molecule has 2 heteroatoms. The highest BCUT2D eigenvalue weighted by molar-refractivity contribution is 6.03. The third-order valence-corrected chi connectivity index (χ3v) is 11.2. The molecule has 0 unspecified atom stereocenters. The standard InChI is InChI=1S/C46H49N2/c1-31-19-25-39-37(29-31)45(3,4)41(47(39)7)27-23-35-21-22-36(24-28-42-46(5,6)38-30-32(2)20-26-40(38)48(42)8)44(35)43(33-15-11-9-12-16-33)34-17-13-10-14-18-34/h9-20,23-30,43H,21-22H2,1-8H3/q+1. The number of anilines is 1. The molecule has 242 valence electrons. The first-order valence-electron chi connectivity index (χ1n) is 17.5. The molecule has 0 amide bonds. The van der Waals surface area contributed by atoms with Crippen LogP contribution in [0.4, 0.5) is 11.4 Å². The average molecular weight is 630 g/mol. The van der Waals surface area contributed by atoms with E-state index >= 15 is 0 Å². The Morgan fingerprint density at radius 3 is 1.94 bits per heavy atom. The lowest BCUT2D eigenvalue weighted by Crippen LogP contribution is -2.26. The predicted molar refractivity (Wildman–Crippen MR) is 204 cm³/mol. The van der Waals surface area contributed by atoms with Crippen LogP contribution in [0.5, 0.6) is 0 Å². The lowest BCUT2D eigenvalue weighted by molar-refractivity contribution is -0.401. The minimum Gasteiger partial charge on any atom is -0.347 e. The number of aryl methyl sites for hydroxylation is 2. The molecule has 2 aliphatic heterocycles. The van der Waals surface area contributed by atoms with Crippen molar-refractivity contribution >= 4 is 17.1 Å². The SMILES string of the molecule is Cc1ccc2c(c1)C(C)(C)C(/C=C/C1=C(C(c3ccccc3)c3ccccc3)C(=C/C=C3/N(C)c4ccc(C)cc4C3(C)C)/CC1)=[N+]2C. The van der Waals surface area contributed by atoms with Gasteiger partial charge in [-0.2, -0.15) is 4.58 Å². The molecule has 0 saturated heterocycles. The smallest absolute Gasteiger partial charge is 0.209 e. The topological polar surface area (TPSA) is 6.25 Å². The fraction of sp³-hybridized carbons (Fsp3) is 0.283. The Kier molecular flexibility index (Phi) is 8.03. The molecule has 0 aromatic heterocycles. The Morgan fingerprint density at radius 1 is 0.688 bits per heavy atom. The van der Waals surface area contributed by atoms with E-state index in [0.29, 0.717) is 0 Å². The van der Waals surface area contributed by atoms with Crippen LogP contribution < -0.4 is 4.90 Å². The summed E-state index contributed by atoms with van der Waals surface area (Å²) in [6.07, 6.45) is 11.8. The van der Waals surface area contributed by atoms with Crippen LogP contribution >= 0.6 is 0 Å². The van der Waals surface area contributed by atoms with E-state index in [1.807, 2.05) is 0 Å². The number of hydrogen-bond donors (Lipinski definition) is 0. The summed E-state index contributed by atoms with van der Waals surface area (Å²) in [6, 6.07) is 35.9. The van der Waals surface area contributed by atoms with Crippen molar-refractivity contribution in [2.45, 2.75) is 71.1 Å². The minimum absolute atomic E-state index is 0.0702. The van der Waals surface area contributed by atoms with Gasteiger partial charge in [0.15, 0.2) is 5.71 Å². The van der Waals surface area contributed by atoms with Crippen molar-refractivity contribution in [2.75, 3.05) is 19.0 Å². The van der Waals surface area contributed by atoms with Gasteiger partial charge in [0.2, 0.25) is 5.69 Å². The summed E-state index contributed by atoms with van der Waals surface area (Å²) in [5.41, 5.74) is 17.6. The number of fused-ring (bicyclic) bond motifs is 2. The number of hydrogen-bond acceptors (Lipinski definition) is 1. The molecule has 0 bridgehead atoms. The number of allylic oxidation sites excluding steroid dienone is 8. The molecule has 48 heavy (non-hydrogen) atoms. The fourth-order valence-corrected chi connectivity index (χ4v) is 8.54. The van der Waals surface area contributed by atoms with E-state index in [9.17, 15) is 0 Å². The van der Waals surface area contributed by atoms with Gasteiger partial charge in [-0.25, -0.2) is 0 Å². The highest BCUT2D eigenvalue weighted by Crippen LogP contribution is 2.49. The largest absolute Gasteiger partial charge is 0.347 e. The van der Waals surface area contributed by atoms with Crippen molar-refractivity contribution in [3.05, 3.63) is 177 Å². The summed E-state index contributed by atoms with van der Waals surface area (Å²) >= 11 is 0. The second-order valence-corrected chi connectivity index (χ2v) is 15.1. The molecule has 4 aromatic rings. The normalized spacial score (nSPS) is 19.8. The van der Waals surface area contributed by atoms with Gasteiger partial charge in [-0.3, -0.25) is 0 Å². The van der Waals surface area contributed by atoms with E-state index < -0.39 is 0 Å². The van der Waals surface area contributed by atoms with Gasteiger partial charge in [0.05, 0.1) is 5.41 Å². The molecular formula is C46H49N2+. The Morgan fingerprint density at radius 2 is 1.29 bits per heavy atom. The molecule has 3 aliphatic rings. The molecule has 0 spiro atoms. The van der Waals surface area contributed by atoms with E-state index in [4.69, 9.17) is 0 Å². The van der Waals surface area contributed by atoms with Crippen molar-refractivity contribution in [2.24, 2.45) is 0 Å². The lowest BCUT2D eigenvalue weighted by Gasteiger charge is -2.25. The summed E-state index contributed by atoms with van der Waals surface area (Å²) < 4.78 is 2.39. The fourth-order valence-electron chi connectivity index (χ4n) is 8.54. The van der Waals surface area contributed by atoms with Crippen LogP contribution in [-0.2, 0) is 10.8 Å². The zero-order valence-electron chi connectivity index (χ0n) is 29.9. The monoisotopic (exact) mass is 629 g/mol. The average Bonchev–Trinajstić information content (AvgIpc) is 3.61. The second kappa shape index (κ2) is 12.1. The van der Waals surface area contributed by atoms with Crippen LogP contribution in [-0.4, -0.2) is 24.4 Å². The number of rotatable bonds is 6. The number of likely N-dealkylation sites (N-methyl/N-ethyl adjacent to an activating group) is 1. The first-order valence-corrected chi connectivity index (χ1v) is 17.5.